The molecule has 0 N–H and O–H groups in total. The van der Waals surface area contributed by atoms with Gasteiger partial charge in [-0.05, 0) is 30.3 Å². The largest absolute Gasteiger partial charge is 0.495 e. The van der Waals surface area contributed by atoms with Crippen molar-refractivity contribution in [3.8, 4) is 5.75 Å². The van der Waals surface area contributed by atoms with E-state index < -0.39 is 20.0 Å². The zero-order valence-corrected chi connectivity index (χ0v) is 22.9. The number of methoxy groups -OCH3 is 1. The van der Waals surface area contributed by atoms with Crippen molar-refractivity contribution in [2.75, 3.05) is 51.3 Å². The lowest BCUT2D eigenvalue weighted by Gasteiger charge is -2.36. The highest BCUT2D eigenvalue weighted by Gasteiger charge is 2.32. The summed E-state index contributed by atoms with van der Waals surface area (Å²) in [7, 11) is -6.06. The molecule has 0 aliphatic carbocycles. The van der Waals surface area contributed by atoms with Gasteiger partial charge in [-0.25, -0.2) is 16.8 Å². The van der Waals surface area contributed by atoms with Crippen LogP contribution in [0, 0.1) is 0 Å². The first kappa shape index (κ1) is 27.3. The molecular weight excluding hydrogens is 545 g/mol. The summed E-state index contributed by atoms with van der Waals surface area (Å²) < 4.78 is 60.5. The number of sulfonamides is 2. The lowest BCUT2D eigenvalue weighted by molar-refractivity contribution is 0.378. The first-order valence-electron chi connectivity index (χ1n) is 10.5. The lowest BCUT2D eigenvalue weighted by Crippen LogP contribution is -2.48. The van der Waals surface area contributed by atoms with Crippen LogP contribution in [0.2, 0.25) is 15.1 Å². The third-order valence-corrected chi connectivity index (χ3v) is 10.8. The number of ether oxygens (including phenoxy) is 1. The SMILES string of the molecule is CCN(CC)S(=O)(=O)c1ccc(OC)c(N2CCN(S(=O)(=O)c3cc(Cl)c(Cl)cc3Cl)CC2)c1. The number of hydrogen-bond donors (Lipinski definition) is 0. The number of nitrogens with zero attached hydrogens (tertiary/aromatic N) is 3. The Morgan fingerprint density at radius 3 is 2.03 bits per heavy atom. The van der Waals surface area contributed by atoms with Gasteiger partial charge in [0.05, 0.1) is 32.8 Å². The highest BCUT2D eigenvalue weighted by Crippen LogP contribution is 2.35. The van der Waals surface area contributed by atoms with Gasteiger partial charge >= 0.3 is 0 Å². The van der Waals surface area contributed by atoms with Gasteiger partial charge in [-0.15, -0.1) is 0 Å². The fraction of sp³-hybridized carbons (Fsp3) is 0.429. The predicted molar refractivity (Wildman–Crippen MR) is 136 cm³/mol. The fourth-order valence-corrected chi connectivity index (χ4v) is 7.68. The normalized spacial score (nSPS) is 15.7. The van der Waals surface area contributed by atoms with Crippen LogP contribution in [0.4, 0.5) is 5.69 Å². The number of halogens is 3. The van der Waals surface area contributed by atoms with E-state index in [-0.39, 0.29) is 37.9 Å². The molecule has 8 nitrogen and oxygen atoms in total. The third-order valence-electron chi connectivity index (χ3n) is 5.67. The molecule has 34 heavy (non-hydrogen) atoms. The number of piperazine rings is 1. The maximum Gasteiger partial charge on any atom is 0.244 e. The summed E-state index contributed by atoms with van der Waals surface area (Å²) in [5.74, 6) is 0.502. The van der Waals surface area contributed by atoms with E-state index >= 15 is 0 Å². The van der Waals surface area contributed by atoms with E-state index in [1.54, 1.807) is 26.0 Å². The second kappa shape index (κ2) is 10.8. The second-order valence-corrected chi connectivity index (χ2v) is 12.6. The van der Waals surface area contributed by atoms with Crippen molar-refractivity contribution in [2.24, 2.45) is 0 Å². The van der Waals surface area contributed by atoms with Gasteiger partial charge in [0, 0.05) is 39.3 Å². The van der Waals surface area contributed by atoms with E-state index in [1.165, 1.54) is 33.9 Å². The zero-order valence-electron chi connectivity index (χ0n) is 19.0. The minimum atomic E-state index is -3.90. The highest BCUT2D eigenvalue weighted by molar-refractivity contribution is 7.89. The van der Waals surface area contributed by atoms with Gasteiger partial charge in [-0.2, -0.15) is 8.61 Å². The summed E-state index contributed by atoms with van der Waals surface area (Å²) in [6.45, 7) is 5.25. The molecule has 2 aromatic rings. The standard InChI is InChI=1S/C21H26Cl3N3O5S2/c1-4-26(5-2)33(28,29)15-6-7-20(32-3)19(12-15)25-8-10-27(11-9-25)34(30,31)21-14-17(23)16(22)13-18(21)24/h6-7,12-14H,4-5,8-11H2,1-3H3. The van der Waals surface area contributed by atoms with Gasteiger partial charge in [0.2, 0.25) is 20.0 Å². The smallest absolute Gasteiger partial charge is 0.244 e. The Morgan fingerprint density at radius 1 is 0.882 bits per heavy atom. The first-order valence-corrected chi connectivity index (χ1v) is 14.6. The molecular formula is C21H26Cl3N3O5S2. The lowest BCUT2D eigenvalue weighted by atomic mass is 10.2. The van der Waals surface area contributed by atoms with E-state index in [1.807, 2.05) is 4.90 Å². The molecule has 3 rings (SSSR count). The van der Waals surface area contributed by atoms with Crippen molar-refractivity contribution in [3.63, 3.8) is 0 Å². The average Bonchev–Trinajstić information content (AvgIpc) is 2.81. The molecule has 0 radical (unpaired) electrons. The molecule has 0 bridgehead atoms. The molecule has 0 saturated carbocycles. The summed E-state index contributed by atoms with van der Waals surface area (Å²) >= 11 is 18.1. The maximum absolute atomic E-state index is 13.2. The van der Waals surface area contributed by atoms with Crippen LogP contribution >= 0.6 is 34.8 Å². The fourth-order valence-electron chi connectivity index (χ4n) is 3.80. The van der Waals surface area contributed by atoms with Gasteiger partial charge in [0.1, 0.15) is 10.6 Å². The van der Waals surface area contributed by atoms with Gasteiger partial charge in [0.15, 0.2) is 0 Å². The van der Waals surface area contributed by atoms with Crippen molar-refractivity contribution in [1.82, 2.24) is 8.61 Å². The van der Waals surface area contributed by atoms with Crippen molar-refractivity contribution in [3.05, 3.63) is 45.4 Å². The molecule has 0 atom stereocenters. The van der Waals surface area contributed by atoms with Crippen LogP contribution < -0.4 is 9.64 Å². The van der Waals surface area contributed by atoms with Gasteiger partial charge < -0.3 is 9.64 Å². The van der Waals surface area contributed by atoms with E-state index in [2.05, 4.69) is 0 Å². The van der Waals surface area contributed by atoms with Crippen LogP contribution in [0.5, 0.6) is 5.75 Å². The summed E-state index contributed by atoms with van der Waals surface area (Å²) in [5.41, 5.74) is 0.584. The Morgan fingerprint density at radius 2 is 1.47 bits per heavy atom. The third kappa shape index (κ3) is 5.28. The summed E-state index contributed by atoms with van der Waals surface area (Å²) in [6.07, 6.45) is 0. The van der Waals surface area contributed by atoms with Crippen LogP contribution in [0.1, 0.15) is 13.8 Å². The van der Waals surface area contributed by atoms with Crippen LogP contribution in [0.15, 0.2) is 40.1 Å². The monoisotopic (exact) mass is 569 g/mol. The van der Waals surface area contributed by atoms with Gasteiger partial charge in [-0.1, -0.05) is 48.7 Å². The van der Waals surface area contributed by atoms with Crippen LogP contribution in [-0.4, -0.2) is 71.8 Å². The zero-order chi connectivity index (χ0) is 25.3. The van der Waals surface area contributed by atoms with Crippen molar-refractivity contribution < 1.29 is 21.6 Å². The first-order chi connectivity index (χ1) is 16.0. The quantitative estimate of drug-likeness (QED) is 0.442. The van der Waals surface area contributed by atoms with E-state index in [9.17, 15) is 16.8 Å². The number of benzene rings is 2. The molecule has 1 aliphatic heterocycles. The van der Waals surface area contributed by atoms with Crippen LogP contribution in [0.25, 0.3) is 0 Å². The minimum Gasteiger partial charge on any atom is -0.495 e. The molecule has 0 aromatic heterocycles. The molecule has 1 saturated heterocycles. The number of hydrogen-bond acceptors (Lipinski definition) is 6. The Balaban J connectivity index is 1.87. The topological polar surface area (TPSA) is 87.2 Å². The molecule has 188 valence electrons. The molecule has 0 unspecified atom stereocenters. The Kier molecular flexibility index (Phi) is 8.66. The van der Waals surface area contributed by atoms with E-state index in [4.69, 9.17) is 39.5 Å². The molecule has 2 aromatic carbocycles. The average molecular weight is 571 g/mol. The van der Waals surface area contributed by atoms with Crippen LogP contribution in [0.3, 0.4) is 0 Å². The molecule has 1 aliphatic rings. The van der Waals surface area contributed by atoms with Gasteiger partial charge in [0.25, 0.3) is 0 Å². The summed E-state index contributed by atoms with van der Waals surface area (Å²) in [4.78, 5) is 1.95. The molecule has 0 amide bonds. The predicted octanol–water partition coefficient (Wildman–Crippen LogP) is 4.20. The number of anilines is 1. The van der Waals surface area contributed by atoms with Gasteiger partial charge in [-0.3, -0.25) is 0 Å². The van der Waals surface area contributed by atoms with Crippen molar-refractivity contribution in [1.29, 1.82) is 0 Å². The Hall–Kier alpha value is -1.27. The summed E-state index contributed by atoms with van der Waals surface area (Å²) in [6, 6.07) is 7.26. The minimum absolute atomic E-state index is 0.00666. The van der Waals surface area contributed by atoms with Crippen molar-refractivity contribution in [2.45, 2.75) is 23.6 Å². The van der Waals surface area contributed by atoms with Crippen LogP contribution in [-0.2, 0) is 20.0 Å². The molecule has 1 heterocycles. The molecule has 1 fully saturated rings. The van der Waals surface area contributed by atoms with E-state index in [0.717, 1.165) is 0 Å². The summed E-state index contributed by atoms with van der Waals surface area (Å²) in [5, 5.41) is 0.258. The Bertz CT molecular complexity index is 1260. The Labute approximate surface area is 216 Å². The van der Waals surface area contributed by atoms with Crippen molar-refractivity contribution >= 4 is 60.5 Å². The maximum atomic E-state index is 13.2. The molecule has 0 spiro atoms. The molecule has 13 heteroatoms. The second-order valence-electron chi connectivity index (χ2n) is 7.51. The van der Waals surface area contributed by atoms with E-state index in [0.29, 0.717) is 37.6 Å². The highest BCUT2D eigenvalue weighted by atomic mass is 35.5. The number of rotatable bonds is 8.